The van der Waals surface area contributed by atoms with Gasteiger partial charge in [0.15, 0.2) is 6.73 Å². The number of hydrogen-bond donors (Lipinski definition) is 0. The maximum atomic E-state index is 5.76. The van der Waals surface area contributed by atoms with E-state index in [0.29, 0.717) is 6.73 Å². The number of rotatable bonds is 2. The molecule has 18 heavy (non-hydrogen) atoms. The van der Waals surface area contributed by atoms with Crippen molar-refractivity contribution < 1.29 is 9.47 Å². The average Bonchev–Trinajstić information content (AvgIpc) is 2.47. The molecule has 1 heterocycles. The van der Waals surface area contributed by atoms with Crippen molar-refractivity contribution in [3.05, 3.63) is 54.1 Å². The van der Waals surface area contributed by atoms with E-state index in [1.165, 1.54) is 5.69 Å². The van der Waals surface area contributed by atoms with Crippen molar-refractivity contribution in [2.45, 2.75) is 6.54 Å². The molecule has 0 amide bonds. The Morgan fingerprint density at radius 2 is 1.94 bits per heavy atom. The van der Waals surface area contributed by atoms with Gasteiger partial charge in [-0.15, -0.1) is 0 Å². The minimum atomic E-state index is 0.587. The highest BCUT2D eigenvalue weighted by Crippen LogP contribution is 2.30. The van der Waals surface area contributed by atoms with Gasteiger partial charge in [-0.05, 0) is 30.3 Å². The van der Waals surface area contributed by atoms with E-state index in [4.69, 9.17) is 9.47 Å². The molecule has 1 aliphatic heterocycles. The lowest BCUT2D eigenvalue weighted by atomic mass is 10.1. The van der Waals surface area contributed by atoms with Crippen molar-refractivity contribution in [2.24, 2.45) is 0 Å². The van der Waals surface area contributed by atoms with E-state index in [1.807, 2.05) is 36.4 Å². The van der Waals surface area contributed by atoms with Crippen LogP contribution in [0.2, 0.25) is 0 Å². The van der Waals surface area contributed by atoms with E-state index in [0.717, 1.165) is 23.6 Å². The molecule has 3 nitrogen and oxygen atoms in total. The smallest absolute Gasteiger partial charge is 0.161 e. The number of fused-ring (bicyclic) bond motifs is 1. The third-order valence-corrected chi connectivity index (χ3v) is 3.13. The van der Waals surface area contributed by atoms with Crippen LogP contribution < -0.4 is 14.4 Å². The summed E-state index contributed by atoms with van der Waals surface area (Å²) in [4.78, 5) is 2.20. The molecule has 2 aromatic rings. The largest absolute Gasteiger partial charge is 0.497 e. The lowest BCUT2D eigenvalue weighted by molar-refractivity contribution is 0.288. The van der Waals surface area contributed by atoms with Gasteiger partial charge in [-0.25, -0.2) is 0 Å². The zero-order valence-electron chi connectivity index (χ0n) is 10.3. The molecule has 0 aliphatic carbocycles. The van der Waals surface area contributed by atoms with Crippen LogP contribution in [0.5, 0.6) is 11.5 Å². The van der Waals surface area contributed by atoms with Crippen LogP contribution in [0.4, 0.5) is 5.69 Å². The Morgan fingerprint density at radius 1 is 1.11 bits per heavy atom. The molecule has 3 rings (SSSR count). The van der Waals surface area contributed by atoms with Gasteiger partial charge in [0.05, 0.1) is 7.11 Å². The summed E-state index contributed by atoms with van der Waals surface area (Å²) in [5.41, 5.74) is 2.33. The Bertz CT molecular complexity index is 539. The van der Waals surface area contributed by atoms with E-state index in [-0.39, 0.29) is 0 Å². The van der Waals surface area contributed by atoms with Crippen LogP contribution >= 0.6 is 0 Å². The third-order valence-electron chi connectivity index (χ3n) is 3.13. The van der Waals surface area contributed by atoms with Crippen molar-refractivity contribution in [3.63, 3.8) is 0 Å². The normalized spacial score (nSPS) is 13.7. The molecule has 3 heteroatoms. The van der Waals surface area contributed by atoms with Crippen molar-refractivity contribution in [2.75, 3.05) is 18.7 Å². The maximum Gasteiger partial charge on any atom is 0.161 e. The van der Waals surface area contributed by atoms with Gasteiger partial charge in [0, 0.05) is 17.8 Å². The fourth-order valence-electron chi connectivity index (χ4n) is 2.15. The predicted molar refractivity (Wildman–Crippen MR) is 71.1 cm³/mol. The second-order valence-corrected chi connectivity index (χ2v) is 4.28. The standard InChI is InChI=1S/C15H15NO2/c1-17-14-7-8-15-12(9-14)10-16(11-18-15)13-5-3-2-4-6-13/h2-9H,10-11H2,1H3. The first kappa shape index (κ1) is 11.0. The zero-order valence-corrected chi connectivity index (χ0v) is 10.3. The topological polar surface area (TPSA) is 21.7 Å². The summed E-state index contributed by atoms with van der Waals surface area (Å²) in [6, 6.07) is 16.2. The highest BCUT2D eigenvalue weighted by molar-refractivity contribution is 5.51. The second-order valence-electron chi connectivity index (χ2n) is 4.28. The molecule has 0 aromatic heterocycles. The quantitative estimate of drug-likeness (QED) is 0.806. The minimum Gasteiger partial charge on any atom is -0.497 e. The third kappa shape index (κ3) is 1.99. The van der Waals surface area contributed by atoms with E-state index in [1.54, 1.807) is 7.11 Å². The number of anilines is 1. The Morgan fingerprint density at radius 3 is 2.72 bits per heavy atom. The van der Waals surface area contributed by atoms with Crippen molar-refractivity contribution >= 4 is 5.69 Å². The first-order chi connectivity index (χ1) is 8.86. The molecule has 0 bridgehead atoms. The Hall–Kier alpha value is -2.16. The van der Waals surface area contributed by atoms with Crippen LogP contribution in [0.25, 0.3) is 0 Å². The highest BCUT2D eigenvalue weighted by Gasteiger charge is 2.17. The van der Waals surface area contributed by atoms with Gasteiger partial charge in [0.1, 0.15) is 11.5 Å². The molecule has 0 saturated heterocycles. The Kier molecular flexibility index (Phi) is 2.81. The summed E-state index contributed by atoms with van der Waals surface area (Å²) in [6.07, 6.45) is 0. The van der Waals surface area contributed by atoms with Crippen LogP contribution in [0, 0.1) is 0 Å². The van der Waals surface area contributed by atoms with E-state index >= 15 is 0 Å². The average molecular weight is 241 g/mol. The van der Waals surface area contributed by atoms with E-state index in [9.17, 15) is 0 Å². The molecular weight excluding hydrogens is 226 g/mol. The monoisotopic (exact) mass is 241 g/mol. The van der Waals surface area contributed by atoms with Gasteiger partial charge >= 0.3 is 0 Å². The molecule has 0 radical (unpaired) electrons. The van der Waals surface area contributed by atoms with Gasteiger partial charge in [0.25, 0.3) is 0 Å². The van der Waals surface area contributed by atoms with Crippen molar-refractivity contribution in [1.29, 1.82) is 0 Å². The summed E-state index contributed by atoms with van der Waals surface area (Å²) in [5, 5.41) is 0. The van der Waals surface area contributed by atoms with Crippen LogP contribution in [-0.2, 0) is 6.54 Å². The van der Waals surface area contributed by atoms with Crippen molar-refractivity contribution in [1.82, 2.24) is 0 Å². The lowest BCUT2D eigenvalue weighted by Gasteiger charge is -2.30. The van der Waals surface area contributed by atoms with Gasteiger partial charge in [-0.1, -0.05) is 18.2 Å². The fraction of sp³-hybridized carbons (Fsp3) is 0.200. The van der Waals surface area contributed by atoms with E-state index in [2.05, 4.69) is 17.0 Å². The summed E-state index contributed by atoms with van der Waals surface area (Å²) in [5.74, 6) is 1.82. The van der Waals surface area contributed by atoms with Gasteiger partial charge in [-0.3, -0.25) is 0 Å². The van der Waals surface area contributed by atoms with Crippen LogP contribution in [0.3, 0.4) is 0 Å². The predicted octanol–water partition coefficient (Wildman–Crippen LogP) is 3.05. The van der Waals surface area contributed by atoms with Gasteiger partial charge in [-0.2, -0.15) is 0 Å². The minimum absolute atomic E-state index is 0.587. The SMILES string of the molecule is COc1ccc2c(c1)CN(c1ccccc1)CO2. The summed E-state index contributed by atoms with van der Waals surface area (Å²) < 4.78 is 11.0. The number of para-hydroxylation sites is 1. The number of hydrogen-bond acceptors (Lipinski definition) is 3. The second kappa shape index (κ2) is 4.61. The van der Waals surface area contributed by atoms with Gasteiger partial charge in [0.2, 0.25) is 0 Å². The molecule has 0 spiro atoms. The van der Waals surface area contributed by atoms with Gasteiger partial charge < -0.3 is 14.4 Å². The zero-order chi connectivity index (χ0) is 12.4. The van der Waals surface area contributed by atoms with Crippen LogP contribution in [-0.4, -0.2) is 13.8 Å². The molecule has 0 unspecified atom stereocenters. The molecule has 0 atom stereocenters. The molecular formula is C15H15NO2. The number of ether oxygens (including phenoxy) is 2. The summed E-state index contributed by atoms with van der Waals surface area (Å²) >= 11 is 0. The molecule has 0 fully saturated rings. The lowest BCUT2D eigenvalue weighted by Crippen LogP contribution is -2.31. The summed E-state index contributed by atoms with van der Waals surface area (Å²) in [7, 11) is 1.68. The first-order valence-electron chi connectivity index (χ1n) is 5.96. The Balaban J connectivity index is 1.88. The maximum absolute atomic E-state index is 5.76. The van der Waals surface area contributed by atoms with Crippen LogP contribution in [0.1, 0.15) is 5.56 Å². The number of benzene rings is 2. The first-order valence-corrected chi connectivity index (χ1v) is 5.96. The molecule has 92 valence electrons. The highest BCUT2D eigenvalue weighted by atomic mass is 16.5. The Labute approximate surface area is 107 Å². The van der Waals surface area contributed by atoms with Crippen molar-refractivity contribution in [3.8, 4) is 11.5 Å². The molecule has 1 aliphatic rings. The molecule has 0 N–H and O–H groups in total. The molecule has 2 aromatic carbocycles. The fourth-order valence-corrected chi connectivity index (χ4v) is 2.15. The molecule has 0 saturated carbocycles. The van der Waals surface area contributed by atoms with E-state index < -0.39 is 0 Å². The van der Waals surface area contributed by atoms with Crippen LogP contribution in [0.15, 0.2) is 48.5 Å². The number of methoxy groups -OCH3 is 1. The number of nitrogens with zero attached hydrogens (tertiary/aromatic N) is 1. The summed E-state index contributed by atoms with van der Waals surface area (Å²) in [6.45, 7) is 1.43.